The Kier molecular flexibility index (Phi) is 7.38. The Morgan fingerprint density at radius 2 is 1.83 bits per heavy atom. The maximum absolute atomic E-state index is 12.1. The lowest BCUT2D eigenvalue weighted by molar-refractivity contribution is -0.141. The lowest BCUT2D eigenvalue weighted by Gasteiger charge is -2.22. The highest BCUT2D eigenvalue weighted by atomic mass is 16.5. The Bertz CT molecular complexity index is 582. The van der Waals surface area contributed by atoms with Gasteiger partial charge in [-0.15, -0.1) is 0 Å². The minimum Gasteiger partial charge on any atom is -0.468 e. The van der Waals surface area contributed by atoms with Crippen molar-refractivity contribution in [2.45, 2.75) is 38.6 Å². The van der Waals surface area contributed by atoms with Crippen LogP contribution in [0.4, 0.5) is 5.69 Å². The molecule has 0 aliphatic heterocycles. The van der Waals surface area contributed by atoms with Crippen molar-refractivity contribution in [2.24, 2.45) is 5.73 Å². The number of anilines is 1. The minimum atomic E-state index is -0.915. The Morgan fingerprint density at radius 3 is 2.38 bits per heavy atom. The van der Waals surface area contributed by atoms with Gasteiger partial charge in [-0.3, -0.25) is 14.4 Å². The molecule has 1 atom stereocenters. The molecule has 0 heterocycles. The number of benzene rings is 1. The standard InChI is InChI=1S/C17H25N3O4/c1-4-9-17(2,18)16(23)20-13-7-5-12(6-8-13)10-14(21)19-11-15(22)24-3/h5-8H,4,9-11,18H2,1-3H3,(H,19,21)(H,20,23). The number of ether oxygens (including phenoxy) is 1. The average molecular weight is 335 g/mol. The summed E-state index contributed by atoms with van der Waals surface area (Å²) in [6.07, 6.45) is 1.55. The molecular weight excluding hydrogens is 310 g/mol. The number of carbonyl (C=O) groups is 3. The summed E-state index contributed by atoms with van der Waals surface area (Å²) in [6.45, 7) is 3.51. The van der Waals surface area contributed by atoms with Crippen molar-refractivity contribution in [2.75, 3.05) is 19.0 Å². The molecule has 0 aliphatic carbocycles. The second-order valence-electron chi connectivity index (χ2n) is 5.85. The zero-order valence-electron chi connectivity index (χ0n) is 14.3. The van der Waals surface area contributed by atoms with E-state index in [0.29, 0.717) is 12.1 Å². The smallest absolute Gasteiger partial charge is 0.325 e. The minimum absolute atomic E-state index is 0.135. The lowest BCUT2D eigenvalue weighted by Crippen LogP contribution is -2.48. The van der Waals surface area contributed by atoms with Crippen LogP contribution in [0.25, 0.3) is 0 Å². The van der Waals surface area contributed by atoms with E-state index in [0.717, 1.165) is 12.0 Å². The van der Waals surface area contributed by atoms with Crippen molar-refractivity contribution in [3.05, 3.63) is 29.8 Å². The summed E-state index contributed by atoms with van der Waals surface area (Å²) < 4.78 is 4.44. The van der Waals surface area contributed by atoms with Crippen LogP contribution in [0.3, 0.4) is 0 Å². The quantitative estimate of drug-likeness (QED) is 0.613. The van der Waals surface area contributed by atoms with E-state index in [9.17, 15) is 14.4 Å². The lowest BCUT2D eigenvalue weighted by atomic mass is 9.96. The summed E-state index contributed by atoms with van der Waals surface area (Å²) in [5.74, 6) is -1.03. The number of carbonyl (C=O) groups excluding carboxylic acids is 3. The normalized spacial score (nSPS) is 12.8. The number of amides is 2. The van der Waals surface area contributed by atoms with E-state index >= 15 is 0 Å². The van der Waals surface area contributed by atoms with E-state index < -0.39 is 11.5 Å². The zero-order valence-corrected chi connectivity index (χ0v) is 14.3. The number of methoxy groups -OCH3 is 1. The first-order valence-corrected chi connectivity index (χ1v) is 7.81. The molecule has 1 aromatic rings. The van der Waals surface area contributed by atoms with Crippen LogP contribution in [0.2, 0.25) is 0 Å². The van der Waals surface area contributed by atoms with Crippen molar-refractivity contribution in [3.63, 3.8) is 0 Å². The number of rotatable bonds is 8. The molecule has 0 radical (unpaired) electrons. The van der Waals surface area contributed by atoms with Gasteiger partial charge in [0.15, 0.2) is 0 Å². The van der Waals surface area contributed by atoms with Crippen molar-refractivity contribution in [1.29, 1.82) is 0 Å². The van der Waals surface area contributed by atoms with E-state index in [1.165, 1.54) is 7.11 Å². The highest BCUT2D eigenvalue weighted by Crippen LogP contribution is 2.15. The van der Waals surface area contributed by atoms with Gasteiger partial charge in [0.25, 0.3) is 0 Å². The van der Waals surface area contributed by atoms with Gasteiger partial charge < -0.3 is 21.1 Å². The Morgan fingerprint density at radius 1 is 1.21 bits per heavy atom. The van der Waals surface area contributed by atoms with Crippen LogP contribution in [0.15, 0.2) is 24.3 Å². The largest absolute Gasteiger partial charge is 0.468 e. The summed E-state index contributed by atoms with van der Waals surface area (Å²) in [7, 11) is 1.26. The summed E-state index contributed by atoms with van der Waals surface area (Å²) in [5.41, 5.74) is 6.45. The highest BCUT2D eigenvalue weighted by Gasteiger charge is 2.27. The van der Waals surface area contributed by atoms with E-state index in [2.05, 4.69) is 15.4 Å². The van der Waals surface area contributed by atoms with Gasteiger partial charge in [-0.25, -0.2) is 0 Å². The molecule has 0 saturated heterocycles. The molecule has 0 bridgehead atoms. The van der Waals surface area contributed by atoms with Gasteiger partial charge in [-0.05, 0) is 31.0 Å². The second kappa shape index (κ2) is 9.02. The second-order valence-corrected chi connectivity index (χ2v) is 5.85. The fraction of sp³-hybridized carbons (Fsp3) is 0.471. The number of nitrogens with two attached hydrogens (primary N) is 1. The first-order valence-electron chi connectivity index (χ1n) is 7.81. The summed E-state index contributed by atoms with van der Waals surface area (Å²) in [6, 6.07) is 6.90. The van der Waals surface area contributed by atoms with Crippen LogP contribution in [-0.2, 0) is 25.5 Å². The Balaban J connectivity index is 2.55. The fourth-order valence-corrected chi connectivity index (χ4v) is 2.10. The van der Waals surface area contributed by atoms with Crippen LogP contribution in [0, 0.1) is 0 Å². The van der Waals surface area contributed by atoms with Crippen LogP contribution in [0.1, 0.15) is 32.3 Å². The molecule has 4 N–H and O–H groups in total. The third-order valence-corrected chi connectivity index (χ3v) is 3.52. The van der Waals surface area contributed by atoms with Crippen molar-refractivity contribution >= 4 is 23.5 Å². The molecule has 1 aromatic carbocycles. The van der Waals surface area contributed by atoms with Gasteiger partial charge >= 0.3 is 5.97 Å². The predicted octanol–water partition coefficient (Wildman–Crippen LogP) is 0.974. The van der Waals surface area contributed by atoms with Crippen molar-refractivity contribution in [1.82, 2.24) is 5.32 Å². The average Bonchev–Trinajstić information content (AvgIpc) is 2.54. The first kappa shape index (κ1) is 19.6. The molecule has 7 heteroatoms. The third-order valence-electron chi connectivity index (χ3n) is 3.52. The number of nitrogens with one attached hydrogen (secondary N) is 2. The molecule has 0 aromatic heterocycles. The van der Waals surface area contributed by atoms with Crippen molar-refractivity contribution in [3.8, 4) is 0 Å². The molecule has 7 nitrogen and oxygen atoms in total. The number of hydrogen-bond donors (Lipinski definition) is 3. The van der Waals surface area contributed by atoms with Crippen LogP contribution in [-0.4, -0.2) is 37.0 Å². The molecule has 132 valence electrons. The molecular formula is C17H25N3O4. The van der Waals surface area contributed by atoms with E-state index in [1.54, 1.807) is 31.2 Å². The third kappa shape index (κ3) is 6.37. The van der Waals surface area contributed by atoms with E-state index in [-0.39, 0.29) is 24.8 Å². The Hall–Kier alpha value is -2.41. The molecule has 1 unspecified atom stereocenters. The van der Waals surface area contributed by atoms with Gasteiger partial charge in [0, 0.05) is 5.69 Å². The van der Waals surface area contributed by atoms with Gasteiger partial charge in [0.1, 0.15) is 6.54 Å². The van der Waals surface area contributed by atoms with Gasteiger partial charge in [0.2, 0.25) is 11.8 Å². The zero-order chi connectivity index (χ0) is 18.2. The number of esters is 1. The van der Waals surface area contributed by atoms with Crippen LogP contribution >= 0.6 is 0 Å². The maximum Gasteiger partial charge on any atom is 0.325 e. The summed E-state index contributed by atoms with van der Waals surface area (Å²) >= 11 is 0. The predicted molar refractivity (Wildman–Crippen MR) is 91.3 cm³/mol. The topological polar surface area (TPSA) is 111 Å². The highest BCUT2D eigenvalue weighted by molar-refractivity contribution is 5.97. The molecule has 0 aliphatic rings. The molecule has 2 amide bonds. The summed E-state index contributed by atoms with van der Waals surface area (Å²) in [5, 5.41) is 5.23. The van der Waals surface area contributed by atoms with Gasteiger partial charge in [0.05, 0.1) is 19.1 Å². The fourth-order valence-electron chi connectivity index (χ4n) is 2.10. The molecule has 0 saturated carbocycles. The van der Waals surface area contributed by atoms with Gasteiger partial charge in [-0.1, -0.05) is 25.5 Å². The SMILES string of the molecule is CCCC(C)(N)C(=O)Nc1ccc(CC(=O)NCC(=O)OC)cc1. The summed E-state index contributed by atoms with van der Waals surface area (Å²) in [4.78, 5) is 34.8. The van der Waals surface area contributed by atoms with Crippen molar-refractivity contribution < 1.29 is 19.1 Å². The van der Waals surface area contributed by atoms with Gasteiger partial charge in [-0.2, -0.15) is 0 Å². The van der Waals surface area contributed by atoms with E-state index in [4.69, 9.17) is 5.73 Å². The monoisotopic (exact) mass is 335 g/mol. The van der Waals surface area contributed by atoms with Crippen LogP contribution in [0.5, 0.6) is 0 Å². The number of hydrogen-bond acceptors (Lipinski definition) is 5. The maximum atomic E-state index is 12.1. The molecule has 0 spiro atoms. The van der Waals surface area contributed by atoms with Crippen LogP contribution < -0.4 is 16.4 Å². The molecule has 0 fully saturated rings. The molecule has 24 heavy (non-hydrogen) atoms. The first-order chi connectivity index (χ1) is 11.3. The van der Waals surface area contributed by atoms with E-state index in [1.807, 2.05) is 6.92 Å². The molecule has 1 rings (SSSR count). The Labute approximate surface area is 141 Å².